The van der Waals surface area contributed by atoms with Crippen molar-refractivity contribution in [3.8, 4) is 0 Å². The van der Waals surface area contributed by atoms with Crippen molar-refractivity contribution in [2.75, 3.05) is 10.2 Å². The summed E-state index contributed by atoms with van der Waals surface area (Å²) in [4.78, 5) is 56.6. The summed E-state index contributed by atoms with van der Waals surface area (Å²) in [5.41, 5.74) is 2.17. The first-order chi connectivity index (χ1) is 23.8. The topological polar surface area (TPSA) is 122 Å². The van der Waals surface area contributed by atoms with Gasteiger partial charge < -0.3 is 10.6 Å². The van der Waals surface area contributed by atoms with Crippen LogP contribution >= 0.6 is 23.5 Å². The number of para-hydroxylation sites is 3. The molecular weight excluding hydrogens is 657 g/mol. The van der Waals surface area contributed by atoms with Crippen LogP contribution < -0.4 is 15.5 Å². The summed E-state index contributed by atoms with van der Waals surface area (Å²) in [6, 6.07) is 37.1. The Labute approximate surface area is 291 Å². The normalized spacial score (nSPS) is 12.7. The zero-order valence-electron chi connectivity index (χ0n) is 26.2. The van der Waals surface area contributed by atoms with Gasteiger partial charge >= 0.3 is 0 Å². The highest BCUT2D eigenvalue weighted by atomic mass is 32.2. The first kappa shape index (κ1) is 33.3. The fourth-order valence-corrected chi connectivity index (χ4v) is 7.39. The molecule has 9 nitrogen and oxygen atoms in total. The van der Waals surface area contributed by atoms with Gasteiger partial charge in [-0.3, -0.25) is 29.4 Å². The molecule has 49 heavy (non-hydrogen) atoms. The number of rotatable bonds is 10. The SMILES string of the molecule is CCC(Sc1cccc(NC(=O)/C(=C\c2ccccc2[N+](=O)[O-])NC(=O)c2ccccc2)c1)C(=O)N1c2ccccc2Sc2ccccc21. The molecule has 0 saturated carbocycles. The number of carbonyl (C=O) groups excluding carboxylic acids is 3. The third-order valence-corrected chi connectivity index (χ3v) is 10.1. The number of carbonyl (C=O) groups is 3. The number of nitrogens with one attached hydrogen (secondary N) is 2. The summed E-state index contributed by atoms with van der Waals surface area (Å²) in [5, 5.41) is 16.7. The molecular formula is C38H30N4O5S2. The Morgan fingerprint density at radius 1 is 0.837 bits per heavy atom. The molecule has 1 atom stereocenters. The standard InChI is InChI=1S/C38H30N4O5S2/c1-2-33(38(45)41-31-19-8-10-21-34(31)49-35-22-11-9-20-32(35)41)48-28-17-12-16-27(24-28)39-37(44)29(40-36(43)25-13-4-3-5-14-25)23-26-15-6-7-18-30(26)42(46)47/h3-24,33H,2H2,1H3,(H,39,44)(H,40,43)/b29-23+. The van der Waals surface area contributed by atoms with Gasteiger partial charge in [0.25, 0.3) is 17.5 Å². The van der Waals surface area contributed by atoms with Gasteiger partial charge in [-0.25, -0.2) is 0 Å². The van der Waals surface area contributed by atoms with E-state index in [2.05, 4.69) is 10.6 Å². The Morgan fingerprint density at radius 2 is 1.47 bits per heavy atom. The minimum absolute atomic E-state index is 0.0551. The van der Waals surface area contributed by atoms with E-state index < -0.39 is 22.0 Å². The average molecular weight is 687 g/mol. The smallest absolute Gasteiger partial charge is 0.276 e. The molecule has 1 heterocycles. The highest BCUT2D eigenvalue weighted by molar-refractivity contribution is 8.00. The third-order valence-electron chi connectivity index (χ3n) is 7.63. The van der Waals surface area contributed by atoms with E-state index in [0.717, 1.165) is 26.1 Å². The molecule has 0 spiro atoms. The van der Waals surface area contributed by atoms with Crippen molar-refractivity contribution < 1.29 is 19.3 Å². The Balaban J connectivity index is 1.25. The monoisotopic (exact) mass is 686 g/mol. The Morgan fingerprint density at radius 3 is 2.14 bits per heavy atom. The molecule has 1 unspecified atom stereocenters. The number of anilines is 3. The molecule has 0 aromatic heterocycles. The van der Waals surface area contributed by atoms with E-state index in [1.165, 1.54) is 36.0 Å². The van der Waals surface area contributed by atoms with Crippen LogP contribution in [0.2, 0.25) is 0 Å². The number of benzene rings is 5. The zero-order chi connectivity index (χ0) is 34.3. The van der Waals surface area contributed by atoms with Crippen molar-refractivity contribution in [1.29, 1.82) is 0 Å². The van der Waals surface area contributed by atoms with Crippen molar-refractivity contribution in [2.45, 2.75) is 33.3 Å². The molecule has 5 aromatic carbocycles. The van der Waals surface area contributed by atoms with Crippen LogP contribution in [0, 0.1) is 10.1 Å². The van der Waals surface area contributed by atoms with Crippen LogP contribution in [-0.2, 0) is 9.59 Å². The van der Waals surface area contributed by atoms with Crippen molar-refractivity contribution in [2.24, 2.45) is 0 Å². The number of hydrogen-bond donors (Lipinski definition) is 2. The lowest BCUT2D eigenvalue weighted by Crippen LogP contribution is -2.35. The first-order valence-corrected chi connectivity index (χ1v) is 17.1. The van der Waals surface area contributed by atoms with Gasteiger partial charge in [-0.15, -0.1) is 11.8 Å². The number of nitro benzene ring substituents is 1. The van der Waals surface area contributed by atoms with Gasteiger partial charge in [-0.05, 0) is 73.2 Å². The van der Waals surface area contributed by atoms with Gasteiger partial charge in [-0.2, -0.15) is 0 Å². The highest BCUT2D eigenvalue weighted by Crippen LogP contribution is 2.49. The number of thioether (sulfide) groups is 1. The number of amides is 3. The molecule has 2 N–H and O–H groups in total. The summed E-state index contributed by atoms with van der Waals surface area (Å²) >= 11 is 3.03. The number of hydrogen-bond acceptors (Lipinski definition) is 7. The molecule has 0 saturated heterocycles. The van der Waals surface area contributed by atoms with E-state index in [0.29, 0.717) is 17.7 Å². The Kier molecular flexibility index (Phi) is 10.2. The van der Waals surface area contributed by atoms with Crippen LogP contribution in [0.25, 0.3) is 6.08 Å². The van der Waals surface area contributed by atoms with Crippen LogP contribution in [0.3, 0.4) is 0 Å². The summed E-state index contributed by atoms with van der Waals surface area (Å²) in [6.45, 7) is 1.97. The van der Waals surface area contributed by atoms with Crippen LogP contribution in [0.1, 0.15) is 29.3 Å². The van der Waals surface area contributed by atoms with E-state index in [4.69, 9.17) is 0 Å². The van der Waals surface area contributed by atoms with E-state index >= 15 is 0 Å². The zero-order valence-corrected chi connectivity index (χ0v) is 27.9. The van der Waals surface area contributed by atoms with E-state index in [-0.39, 0.29) is 22.9 Å². The minimum atomic E-state index is -0.674. The summed E-state index contributed by atoms with van der Waals surface area (Å²) in [5.74, 6) is -1.28. The molecule has 3 amide bonds. The van der Waals surface area contributed by atoms with Gasteiger partial charge in [0.2, 0.25) is 5.91 Å². The maximum absolute atomic E-state index is 14.2. The molecule has 1 aliphatic rings. The number of nitro groups is 1. The first-order valence-electron chi connectivity index (χ1n) is 15.4. The fraction of sp³-hybridized carbons (Fsp3) is 0.0789. The molecule has 0 bridgehead atoms. The Bertz CT molecular complexity index is 2040. The lowest BCUT2D eigenvalue weighted by Gasteiger charge is -2.33. The highest BCUT2D eigenvalue weighted by Gasteiger charge is 2.32. The minimum Gasteiger partial charge on any atom is -0.321 e. The van der Waals surface area contributed by atoms with Gasteiger partial charge in [-0.1, -0.05) is 79.3 Å². The molecule has 244 valence electrons. The molecule has 0 fully saturated rings. The van der Waals surface area contributed by atoms with Crippen molar-refractivity contribution >= 4 is 70.1 Å². The second-order valence-electron chi connectivity index (χ2n) is 10.9. The fourth-order valence-electron chi connectivity index (χ4n) is 5.28. The van der Waals surface area contributed by atoms with Crippen LogP contribution in [0.5, 0.6) is 0 Å². The predicted molar refractivity (Wildman–Crippen MR) is 194 cm³/mol. The van der Waals surface area contributed by atoms with E-state index in [1.807, 2.05) is 61.5 Å². The van der Waals surface area contributed by atoms with Crippen LogP contribution in [-0.4, -0.2) is 27.9 Å². The lowest BCUT2D eigenvalue weighted by atomic mass is 10.1. The molecule has 6 rings (SSSR count). The van der Waals surface area contributed by atoms with Crippen LogP contribution in [0.15, 0.2) is 148 Å². The van der Waals surface area contributed by atoms with E-state index in [1.54, 1.807) is 71.3 Å². The molecule has 0 aliphatic carbocycles. The largest absolute Gasteiger partial charge is 0.321 e. The maximum atomic E-state index is 14.2. The number of fused-ring (bicyclic) bond motifs is 2. The molecule has 0 radical (unpaired) electrons. The van der Waals surface area contributed by atoms with Gasteiger partial charge in [0, 0.05) is 32.0 Å². The van der Waals surface area contributed by atoms with Gasteiger partial charge in [0.15, 0.2) is 0 Å². The second-order valence-corrected chi connectivity index (χ2v) is 13.3. The van der Waals surface area contributed by atoms with Gasteiger partial charge in [0.05, 0.1) is 27.1 Å². The predicted octanol–water partition coefficient (Wildman–Crippen LogP) is 8.70. The van der Waals surface area contributed by atoms with Crippen LogP contribution in [0.4, 0.5) is 22.7 Å². The average Bonchev–Trinajstić information content (AvgIpc) is 3.12. The van der Waals surface area contributed by atoms with Crippen molar-refractivity contribution in [1.82, 2.24) is 5.32 Å². The third kappa shape index (κ3) is 7.58. The molecule has 5 aromatic rings. The second kappa shape index (κ2) is 15.1. The van der Waals surface area contributed by atoms with E-state index in [9.17, 15) is 24.5 Å². The number of nitrogens with zero attached hydrogens (tertiary/aromatic N) is 2. The van der Waals surface area contributed by atoms with Gasteiger partial charge in [0.1, 0.15) is 5.70 Å². The maximum Gasteiger partial charge on any atom is 0.276 e. The quantitative estimate of drug-likeness (QED) is 0.0652. The summed E-state index contributed by atoms with van der Waals surface area (Å²) < 4.78 is 0. The molecule has 11 heteroatoms. The summed E-state index contributed by atoms with van der Waals surface area (Å²) in [7, 11) is 0. The van der Waals surface area contributed by atoms with Crippen molar-refractivity contribution in [3.63, 3.8) is 0 Å². The van der Waals surface area contributed by atoms with Crippen molar-refractivity contribution in [3.05, 3.63) is 154 Å². The Hall–Kier alpha value is -5.65. The lowest BCUT2D eigenvalue weighted by molar-refractivity contribution is -0.385. The molecule has 1 aliphatic heterocycles. The summed E-state index contributed by atoms with van der Waals surface area (Å²) in [6.07, 6.45) is 1.84.